The molecule has 0 amide bonds. The van der Waals surface area contributed by atoms with Crippen molar-refractivity contribution in [2.24, 2.45) is 0 Å². The molecule has 8 heteroatoms. The lowest BCUT2D eigenvalue weighted by Crippen LogP contribution is -2.16. The predicted octanol–water partition coefficient (Wildman–Crippen LogP) is 2.91. The van der Waals surface area contributed by atoms with Gasteiger partial charge in [0.25, 0.3) is 0 Å². The number of benzene rings is 2. The molecule has 28 heavy (non-hydrogen) atoms. The Hall–Kier alpha value is -3.68. The van der Waals surface area contributed by atoms with Gasteiger partial charge in [-0.1, -0.05) is 12.1 Å². The van der Waals surface area contributed by atoms with Crippen LogP contribution in [0.25, 0.3) is 0 Å². The summed E-state index contributed by atoms with van der Waals surface area (Å²) in [5.41, 5.74) is 0.190. The summed E-state index contributed by atoms with van der Waals surface area (Å²) >= 11 is 0. The molecule has 0 aromatic heterocycles. The minimum absolute atomic E-state index is 0.00966. The maximum atomic E-state index is 12.9. The average molecular weight is 388 g/mol. The largest absolute Gasteiger partial charge is 0.500 e. The Morgan fingerprint density at radius 3 is 2.32 bits per heavy atom. The van der Waals surface area contributed by atoms with E-state index in [9.17, 15) is 18.8 Å². The zero-order valence-electron chi connectivity index (χ0n) is 15.1. The van der Waals surface area contributed by atoms with Gasteiger partial charge in [0, 0.05) is 5.56 Å². The Balaban J connectivity index is 2.11. The summed E-state index contributed by atoms with van der Waals surface area (Å²) in [6.07, 6.45) is 1.02. The highest BCUT2D eigenvalue weighted by molar-refractivity contribution is 6.00. The maximum absolute atomic E-state index is 12.9. The molecule has 0 aliphatic carbocycles. The monoisotopic (exact) mass is 388 g/mol. The third kappa shape index (κ3) is 5.41. The van der Waals surface area contributed by atoms with E-state index in [4.69, 9.17) is 14.2 Å². The van der Waals surface area contributed by atoms with Gasteiger partial charge in [-0.3, -0.25) is 4.79 Å². The second-order valence-electron chi connectivity index (χ2n) is 5.31. The number of hydrogen-bond donors (Lipinski definition) is 0. The van der Waals surface area contributed by atoms with E-state index in [0.29, 0.717) is 0 Å². The van der Waals surface area contributed by atoms with Crippen molar-refractivity contribution in [3.63, 3.8) is 0 Å². The summed E-state index contributed by atoms with van der Waals surface area (Å²) in [7, 11) is 2.48. The first-order valence-corrected chi connectivity index (χ1v) is 8.00. The summed E-state index contributed by atoms with van der Waals surface area (Å²) in [6.45, 7) is -0.545. The lowest BCUT2D eigenvalue weighted by atomic mass is 10.1. The Morgan fingerprint density at radius 2 is 1.68 bits per heavy atom. The Morgan fingerprint density at radius 1 is 1.00 bits per heavy atom. The van der Waals surface area contributed by atoms with E-state index in [1.807, 2.05) is 0 Å². The van der Waals surface area contributed by atoms with Gasteiger partial charge in [0.1, 0.15) is 23.4 Å². The molecule has 0 aliphatic heterocycles. The summed E-state index contributed by atoms with van der Waals surface area (Å²) < 4.78 is 32.7. The van der Waals surface area contributed by atoms with Gasteiger partial charge in [0.2, 0.25) is 5.76 Å². The smallest absolute Gasteiger partial charge is 0.377 e. The molecule has 7 nitrogen and oxygen atoms in total. The first kappa shape index (κ1) is 20.6. The lowest BCUT2D eigenvalue weighted by molar-refractivity contribution is -0.138. The minimum atomic E-state index is -0.840. The van der Waals surface area contributed by atoms with Crippen LogP contribution in [0.1, 0.15) is 20.7 Å². The van der Waals surface area contributed by atoms with Crippen LogP contribution in [0.3, 0.4) is 0 Å². The number of Topliss-reactive ketones (excluding diaryl/α,β-unsaturated/α-hetero) is 1. The van der Waals surface area contributed by atoms with Crippen molar-refractivity contribution in [2.75, 3.05) is 20.8 Å². The summed E-state index contributed by atoms with van der Waals surface area (Å²) in [6, 6.07) is 10.8. The van der Waals surface area contributed by atoms with Crippen molar-refractivity contribution in [2.45, 2.75) is 0 Å². The van der Waals surface area contributed by atoms with Gasteiger partial charge < -0.3 is 18.9 Å². The van der Waals surface area contributed by atoms with Crippen molar-refractivity contribution in [1.82, 2.24) is 0 Å². The first-order chi connectivity index (χ1) is 13.5. The molecule has 146 valence electrons. The fourth-order valence-electron chi connectivity index (χ4n) is 2.09. The van der Waals surface area contributed by atoms with Crippen LogP contribution in [0.4, 0.5) is 4.39 Å². The third-order valence-electron chi connectivity index (χ3n) is 3.44. The van der Waals surface area contributed by atoms with Gasteiger partial charge in [-0.2, -0.15) is 0 Å². The van der Waals surface area contributed by atoms with E-state index in [-0.39, 0.29) is 22.6 Å². The highest BCUT2D eigenvalue weighted by Crippen LogP contribution is 2.22. The Labute approximate surface area is 160 Å². The van der Waals surface area contributed by atoms with Crippen molar-refractivity contribution < 1.29 is 37.7 Å². The van der Waals surface area contributed by atoms with E-state index >= 15 is 0 Å². The quantitative estimate of drug-likeness (QED) is 0.297. The van der Waals surface area contributed by atoms with Crippen molar-refractivity contribution >= 4 is 17.7 Å². The topological polar surface area (TPSA) is 88.1 Å². The fourth-order valence-corrected chi connectivity index (χ4v) is 2.09. The number of carbonyl (C=O) groups excluding carboxylic acids is 3. The van der Waals surface area contributed by atoms with E-state index in [0.717, 1.165) is 25.5 Å². The molecule has 2 aromatic carbocycles. The number of para-hydroxylation sites is 1. The summed E-state index contributed by atoms with van der Waals surface area (Å²) in [4.78, 5) is 36.1. The molecule has 2 rings (SSSR count). The molecular formula is C20H17FO7. The molecule has 0 saturated carbocycles. The molecule has 0 aliphatic rings. The molecule has 2 aromatic rings. The number of rotatable bonds is 8. The lowest BCUT2D eigenvalue weighted by Gasteiger charge is -2.12. The van der Waals surface area contributed by atoms with Crippen molar-refractivity contribution in [1.29, 1.82) is 0 Å². The molecule has 0 fully saturated rings. The second-order valence-corrected chi connectivity index (χ2v) is 5.31. The zero-order valence-corrected chi connectivity index (χ0v) is 15.1. The number of ketones is 1. The SMILES string of the molecule is COC=C(Oc1ccccc1C(=O)OCC(=O)c1ccc(F)cc1)C(=O)OC. The van der Waals surface area contributed by atoms with E-state index < -0.39 is 30.1 Å². The predicted molar refractivity (Wildman–Crippen MR) is 95.2 cm³/mol. The van der Waals surface area contributed by atoms with E-state index in [2.05, 4.69) is 4.74 Å². The number of esters is 2. The second kappa shape index (κ2) is 9.86. The van der Waals surface area contributed by atoms with Gasteiger partial charge in [-0.05, 0) is 36.4 Å². The van der Waals surface area contributed by atoms with Crippen LogP contribution in [-0.2, 0) is 19.0 Å². The van der Waals surface area contributed by atoms with E-state index in [1.165, 1.54) is 31.4 Å². The molecule has 0 unspecified atom stereocenters. The molecule has 0 N–H and O–H groups in total. The zero-order chi connectivity index (χ0) is 20.5. The van der Waals surface area contributed by atoms with Gasteiger partial charge in [0.15, 0.2) is 12.4 Å². The average Bonchev–Trinajstić information content (AvgIpc) is 2.71. The number of ether oxygens (including phenoxy) is 4. The third-order valence-corrected chi connectivity index (χ3v) is 3.44. The van der Waals surface area contributed by atoms with Crippen molar-refractivity contribution in [3.8, 4) is 5.75 Å². The maximum Gasteiger partial charge on any atom is 0.377 e. The number of hydrogen-bond acceptors (Lipinski definition) is 7. The normalized spacial score (nSPS) is 10.8. The first-order valence-electron chi connectivity index (χ1n) is 8.00. The van der Waals surface area contributed by atoms with Crippen LogP contribution in [0.15, 0.2) is 60.6 Å². The number of carbonyl (C=O) groups is 3. The number of halogens is 1. The molecule has 0 saturated heterocycles. The van der Waals surface area contributed by atoms with Gasteiger partial charge in [0.05, 0.1) is 14.2 Å². The Kier molecular flexibility index (Phi) is 7.27. The fraction of sp³-hybridized carbons (Fsp3) is 0.150. The highest BCUT2D eigenvalue weighted by Gasteiger charge is 2.20. The Bertz CT molecular complexity index is 888. The van der Waals surface area contributed by atoms with Gasteiger partial charge in [-0.25, -0.2) is 14.0 Å². The van der Waals surface area contributed by atoms with Crippen LogP contribution in [0, 0.1) is 5.82 Å². The van der Waals surface area contributed by atoms with Crippen LogP contribution < -0.4 is 4.74 Å². The van der Waals surface area contributed by atoms with Crippen LogP contribution in [-0.4, -0.2) is 38.5 Å². The van der Waals surface area contributed by atoms with Crippen molar-refractivity contribution in [3.05, 3.63) is 77.5 Å². The van der Waals surface area contributed by atoms with E-state index in [1.54, 1.807) is 12.1 Å². The van der Waals surface area contributed by atoms with Crippen LogP contribution in [0.2, 0.25) is 0 Å². The molecule has 0 atom stereocenters. The highest BCUT2D eigenvalue weighted by atomic mass is 19.1. The van der Waals surface area contributed by atoms with Crippen LogP contribution >= 0.6 is 0 Å². The minimum Gasteiger partial charge on any atom is -0.500 e. The summed E-state index contributed by atoms with van der Waals surface area (Å²) in [5.74, 6) is -2.90. The van der Waals surface area contributed by atoms with Gasteiger partial charge in [-0.15, -0.1) is 0 Å². The van der Waals surface area contributed by atoms with Gasteiger partial charge >= 0.3 is 11.9 Å². The summed E-state index contributed by atoms with van der Waals surface area (Å²) in [5, 5.41) is 0. The standard InChI is InChI=1S/C20H17FO7/c1-25-12-18(20(24)26-2)28-17-6-4-3-5-15(17)19(23)27-11-16(22)13-7-9-14(21)10-8-13/h3-10,12H,11H2,1-2H3. The molecule has 0 spiro atoms. The molecule has 0 heterocycles. The molecular weight excluding hydrogens is 371 g/mol. The van der Waals surface area contributed by atoms with Crippen LogP contribution in [0.5, 0.6) is 5.75 Å². The number of methoxy groups -OCH3 is 2. The molecule has 0 radical (unpaired) electrons. The molecule has 0 bridgehead atoms.